The summed E-state index contributed by atoms with van der Waals surface area (Å²) in [6.45, 7) is 2.19. The maximum Gasteiger partial charge on any atom is 0.347 e. The summed E-state index contributed by atoms with van der Waals surface area (Å²) in [6.07, 6.45) is 11.5. The van der Waals surface area contributed by atoms with Crippen molar-refractivity contribution in [1.82, 2.24) is 0 Å². The first-order chi connectivity index (χ1) is 17.4. The molecular formula is C29H36F4O3. The van der Waals surface area contributed by atoms with E-state index in [9.17, 15) is 18.0 Å². The molecule has 0 bridgehead atoms. The summed E-state index contributed by atoms with van der Waals surface area (Å²) in [5.74, 6) is -6.08. The first-order valence-corrected chi connectivity index (χ1v) is 13.1. The quantitative estimate of drug-likeness (QED) is 0.0890. The van der Waals surface area contributed by atoms with Crippen molar-refractivity contribution < 1.29 is 31.8 Å². The van der Waals surface area contributed by atoms with Gasteiger partial charge in [-0.2, -0.15) is 0 Å². The number of ether oxygens (including phenoxy) is 2. The number of carbonyl (C=O) groups is 1. The van der Waals surface area contributed by atoms with Crippen LogP contribution in [-0.2, 0) is 0 Å². The molecule has 0 amide bonds. The predicted molar refractivity (Wildman–Crippen MR) is 131 cm³/mol. The van der Waals surface area contributed by atoms with E-state index in [2.05, 4.69) is 6.92 Å². The van der Waals surface area contributed by atoms with Crippen LogP contribution in [0.1, 0.15) is 101 Å². The van der Waals surface area contributed by atoms with Gasteiger partial charge >= 0.3 is 5.97 Å². The molecule has 0 saturated heterocycles. The van der Waals surface area contributed by atoms with Gasteiger partial charge in [-0.15, -0.1) is 0 Å². The summed E-state index contributed by atoms with van der Waals surface area (Å²) in [6, 6.07) is 7.19. The Bertz CT molecular complexity index is 965. The molecular weight excluding hydrogens is 472 g/mol. The topological polar surface area (TPSA) is 35.5 Å². The molecule has 0 N–H and O–H groups in total. The lowest BCUT2D eigenvalue weighted by Crippen LogP contribution is -2.38. The van der Waals surface area contributed by atoms with Crippen LogP contribution in [0, 0.1) is 22.9 Å². The van der Waals surface area contributed by atoms with E-state index in [1.165, 1.54) is 37.8 Å². The van der Waals surface area contributed by atoms with Gasteiger partial charge in [0.1, 0.15) is 17.1 Å². The van der Waals surface area contributed by atoms with Crippen LogP contribution < -0.4 is 9.47 Å². The minimum Gasteiger partial charge on any atom is -0.459 e. The van der Waals surface area contributed by atoms with Crippen molar-refractivity contribution in [2.45, 2.75) is 96.8 Å². The molecule has 1 unspecified atom stereocenters. The van der Waals surface area contributed by atoms with Crippen molar-refractivity contribution >= 4 is 5.97 Å². The maximum absolute atomic E-state index is 15.8. The average molecular weight is 509 g/mol. The van der Waals surface area contributed by atoms with Gasteiger partial charge in [0.15, 0.2) is 17.5 Å². The molecule has 3 nitrogen and oxygen atoms in total. The highest BCUT2D eigenvalue weighted by molar-refractivity contribution is 5.94. The number of para-hydroxylation sites is 1. The summed E-state index contributed by atoms with van der Waals surface area (Å²) >= 11 is 0. The third-order valence-corrected chi connectivity index (χ3v) is 7.11. The van der Waals surface area contributed by atoms with Crippen LogP contribution in [-0.4, -0.2) is 12.3 Å². The van der Waals surface area contributed by atoms with Crippen LogP contribution in [0.25, 0.3) is 0 Å². The average Bonchev–Trinajstić information content (AvgIpc) is 2.87. The van der Waals surface area contributed by atoms with Gasteiger partial charge < -0.3 is 9.47 Å². The van der Waals surface area contributed by atoms with Crippen LogP contribution in [0.5, 0.6) is 11.5 Å². The molecule has 0 spiro atoms. The molecule has 2 aromatic carbocycles. The Morgan fingerprint density at radius 2 is 1.53 bits per heavy atom. The lowest BCUT2D eigenvalue weighted by Gasteiger charge is -2.39. The summed E-state index contributed by atoms with van der Waals surface area (Å²) in [4.78, 5) is 12.7. The molecule has 0 heterocycles. The summed E-state index contributed by atoms with van der Waals surface area (Å²) in [5.41, 5.74) is -0.686. The molecule has 198 valence electrons. The molecule has 3 rings (SSSR count). The summed E-state index contributed by atoms with van der Waals surface area (Å²) in [5, 5.41) is 0. The van der Waals surface area contributed by atoms with Crippen molar-refractivity contribution in [3.63, 3.8) is 0 Å². The van der Waals surface area contributed by atoms with E-state index in [4.69, 9.17) is 9.47 Å². The van der Waals surface area contributed by atoms with E-state index in [0.717, 1.165) is 57.8 Å². The highest BCUT2D eigenvalue weighted by Gasteiger charge is 2.42. The van der Waals surface area contributed by atoms with E-state index >= 15 is 4.39 Å². The molecule has 1 atom stereocenters. The second-order valence-electron chi connectivity index (χ2n) is 9.81. The van der Waals surface area contributed by atoms with Gasteiger partial charge in [0, 0.05) is 17.5 Å². The Morgan fingerprint density at radius 3 is 2.19 bits per heavy atom. The number of alkyl halides is 1. The SMILES string of the molecule is CCCCCCCCCC1(C(F)Oc2ccccc2C(=O)Oc2cc(F)c(F)c(F)c2)CCCCC1. The van der Waals surface area contributed by atoms with Gasteiger partial charge in [-0.3, -0.25) is 0 Å². The van der Waals surface area contributed by atoms with Crippen LogP contribution in [0.15, 0.2) is 36.4 Å². The lowest BCUT2D eigenvalue weighted by atomic mass is 9.70. The number of halogens is 4. The van der Waals surface area contributed by atoms with Gasteiger partial charge in [-0.1, -0.05) is 83.3 Å². The standard InChI is InChI=1S/C29H36F4O3/c1-2-3-4-5-6-7-11-16-29(17-12-8-13-18-29)28(33)36-25-15-10-9-14-22(25)27(34)35-21-19-23(30)26(32)24(31)20-21/h9-10,14-15,19-20,28H,2-8,11-13,16-18H2,1H3. The smallest absolute Gasteiger partial charge is 0.347 e. The number of esters is 1. The molecule has 1 aliphatic carbocycles. The molecule has 36 heavy (non-hydrogen) atoms. The number of hydrogen-bond acceptors (Lipinski definition) is 3. The minimum atomic E-state index is -1.66. The molecule has 7 heteroatoms. The maximum atomic E-state index is 15.8. The summed E-state index contributed by atoms with van der Waals surface area (Å²) < 4.78 is 66.9. The molecule has 1 saturated carbocycles. The molecule has 1 fully saturated rings. The Morgan fingerprint density at radius 1 is 0.917 bits per heavy atom. The zero-order valence-corrected chi connectivity index (χ0v) is 21.0. The zero-order chi connectivity index (χ0) is 26.0. The van der Waals surface area contributed by atoms with E-state index in [-0.39, 0.29) is 11.3 Å². The lowest BCUT2D eigenvalue weighted by molar-refractivity contribution is -0.0796. The van der Waals surface area contributed by atoms with Gasteiger partial charge in [0.2, 0.25) is 6.36 Å². The molecule has 0 aromatic heterocycles. The number of rotatable bonds is 13. The number of hydrogen-bond donors (Lipinski definition) is 0. The van der Waals surface area contributed by atoms with Crippen molar-refractivity contribution in [3.8, 4) is 11.5 Å². The first-order valence-electron chi connectivity index (χ1n) is 13.1. The number of carbonyl (C=O) groups excluding carboxylic acids is 1. The Labute approximate surface area is 211 Å². The largest absolute Gasteiger partial charge is 0.459 e. The fraction of sp³-hybridized carbons (Fsp3) is 0.552. The fourth-order valence-electron chi connectivity index (χ4n) is 5.01. The van der Waals surface area contributed by atoms with Crippen LogP contribution in [0.2, 0.25) is 0 Å². The van der Waals surface area contributed by atoms with Crippen molar-refractivity contribution in [3.05, 3.63) is 59.4 Å². The molecule has 0 radical (unpaired) electrons. The minimum absolute atomic E-state index is 0.00238. The van der Waals surface area contributed by atoms with Gasteiger partial charge in [-0.25, -0.2) is 22.4 Å². The van der Waals surface area contributed by atoms with E-state index in [1.807, 2.05) is 0 Å². The van der Waals surface area contributed by atoms with Crippen LogP contribution in [0.4, 0.5) is 17.6 Å². The highest BCUT2D eigenvalue weighted by Crippen LogP contribution is 2.46. The molecule has 2 aromatic rings. The first kappa shape index (κ1) is 28.0. The zero-order valence-electron chi connectivity index (χ0n) is 21.0. The van der Waals surface area contributed by atoms with E-state index < -0.39 is 40.9 Å². The predicted octanol–water partition coefficient (Wildman–Crippen LogP) is 9.09. The second-order valence-corrected chi connectivity index (χ2v) is 9.81. The normalized spacial score (nSPS) is 15.9. The van der Waals surface area contributed by atoms with Crippen molar-refractivity contribution in [1.29, 1.82) is 0 Å². The number of unbranched alkanes of at least 4 members (excludes halogenated alkanes) is 6. The van der Waals surface area contributed by atoms with Gasteiger partial charge in [0.05, 0.1) is 0 Å². The third kappa shape index (κ3) is 7.47. The monoisotopic (exact) mass is 508 g/mol. The molecule has 0 aliphatic heterocycles. The van der Waals surface area contributed by atoms with Crippen molar-refractivity contribution in [2.75, 3.05) is 0 Å². The Balaban J connectivity index is 1.67. The fourth-order valence-corrected chi connectivity index (χ4v) is 5.01. The van der Waals surface area contributed by atoms with Gasteiger partial charge in [-0.05, 0) is 31.4 Å². The van der Waals surface area contributed by atoms with E-state index in [1.54, 1.807) is 12.1 Å². The number of benzene rings is 2. The highest BCUT2D eigenvalue weighted by atomic mass is 19.2. The molecule has 1 aliphatic rings. The Kier molecular flexibility index (Phi) is 10.6. The van der Waals surface area contributed by atoms with E-state index in [0.29, 0.717) is 12.1 Å². The second kappa shape index (κ2) is 13.7. The summed E-state index contributed by atoms with van der Waals surface area (Å²) in [7, 11) is 0. The Hall–Kier alpha value is -2.57. The van der Waals surface area contributed by atoms with Crippen LogP contribution in [0.3, 0.4) is 0 Å². The van der Waals surface area contributed by atoms with Gasteiger partial charge in [0.25, 0.3) is 0 Å². The third-order valence-electron chi connectivity index (χ3n) is 7.11. The van der Waals surface area contributed by atoms with Crippen LogP contribution >= 0.6 is 0 Å². The van der Waals surface area contributed by atoms with Crippen molar-refractivity contribution in [2.24, 2.45) is 5.41 Å².